The van der Waals surface area contributed by atoms with E-state index in [1.165, 1.54) is 0 Å². The van der Waals surface area contributed by atoms with Gasteiger partial charge in [0.25, 0.3) is 0 Å². The summed E-state index contributed by atoms with van der Waals surface area (Å²) >= 11 is 0. The third-order valence-electron chi connectivity index (χ3n) is 2.42. The molecule has 15 heavy (non-hydrogen) atoms. The fourth-order valence-corrected chi connectivity index (χ4v) is 1.56. The summed E-state index contributed by atoms with van der Waals surface area (Å²) in [6, 6.07) is 6.68. The van der Waals surface area contributed by atoms with Crippen LogP contribution in [0.1, 0.15) is 16.8 Å². The number of anilines is 1. The first kappa shape index (κ1) is 9.71. The van der Waals surface area contributed by atoms with Crippen molar-refractivity contribution in [1.82, 2.24) is 0 Å². The monoisotopic (exact) mass is 205 g/mol. The molecule has 0 spiro atoms. The molecule has 78 valence electrons. The van der Waals surface area contributed by atoms with Gasteiger partial charge in [-0.25, -0.2) is 0 Å². The van der Waals surface area contributed by atoms with Crippen molar-refractivity contribution in [3.05, 3.63) is 29.8 Å². The van der Waals surface area contributed by atoms with Crippen molar-refractivity contribution in [2.45, 2.75) is 6.42 Å². The van der Waals surface area contributed by atoms with Crippen molar-refractivity contribution in [2.24, 2.45) is 5.92 Å². The van der Waals surface area contributed by atoms with Crippen LogP contribution in [0.4, 0.5) is 5.69 Å². The number of ketones is 1. The minimum absolute atomic E-state index is 0.0548. The van der Waals surface area contributed by atoms with Gasteiger partial charge in [-0.1, -0.05) is 0 Å². The normalized spacial score (nSPS) is 20.0. The molecule has 1 aliphatic heterocycles. The number of carbonyl (C=O) groups excluding carboxylic acids is 2. The van der Waals surface area contributed by atoms with Gasteiger partial charge in [-0.2, -0.15) is 0 Å². The molecule has 1 unspecified atom stereocenters. The summed E-state index contributed by atoms with van der Waals surface area (Å²) < 4.78 is 4.75. The molecule has 0 amide bonds. The first-order chi connectivity index (χ1) is 7.16. The van der Waals surface area contributed by atoms with Crippen molar-refractivity contribution < 1.29 is 14.3 Å². The zero-order valence-electron chi connectivity index (χ0n) is 8.10. The van der Waals surface area contributed by atoms with E-state index in [1.54, 1.807) is 24.3 Å². The van der Waals surface area contributed by atoms with Gasteiger partial charge >= 0.3 is 5.97 Å². The van der Waals surface area contributed by atoms with E-state index < -0.39 is 0 Å². The average Bonchev–Trinajstić information content (AvgIpc) is 2.65. The molecule has 2 rings (SSSR count). The molecule has 1 saturated heterocycles. The van der Waals surface area contributed by atoms with Crippen LogP contribution in [0.25, 0.3) is 0 Å². The van der Waals surface area contributed by atoms with Crippen LogP contribution in [0.2, 0.25) is 0 Å². The molecule has 1 atom stereocenters. The summed E-state index contributed by atoms with van der Waals surface area (Å²) in [5.74, 6) is -0.689. The fourth-order valence-electron chi connectivity index (χ4n) is 1.56. The second kappa shape index (κ2) is 3.73. The third kappa shape index (κ3) is 1.98. The van der Waals surface area contributed by atoms with E-state index in [4.69, 9.17) is 10.5 Å². The third-order valence-corrected chi connectivity index (χ3v) is 2.42. The lowest BCUT2D eigenvalue weighted by atomic mass is 9.97. The van der Waals surface area contributed by atoms with Gasteiger partial charge in [0.15, 0.2) is 5.78 Å². The highest BCUT2D eigenvalue weighted by Crippen LogP contribution is 2.19. The highest BCUT2D eigenvalue weighted by Gasteiger charge is 2.30. The average molecular weight is 205 g/mol. The van der Waals surface area contributed by atoms with Crippen molar-refractivity contribution in [2.75, 3.05) is 12.3 Å². The quantitative estimate of drug-likeness (QED) is 0.444. The van der Waals surface area contributed by atoms with Gasteiger partial charge in [-0.05, 0) is 24.3 Å². The molecule has 2 N–H and O–H groups in total. The number of rotatable bonds is 2. The number of cyclic esters (lactones) is 1. The molecule has 0 aliphatic carbocycles. The van der Waals surface area contributed by atoms with Crippen molar-refractivity contribution in [3.63, 3.8) is 0 Å². The largest absolute Gasteiger partial charge is 0.465 e. The smallest absolute Gasteiger partial charge is 0.306 e. The molecule has 0 saturated carbocycles. The first-order valence-corrected chi connectivity index (χ1v) is 4.72. The zero-order valence-corrected chi connectivity index (χ0v) is 8.10. The van der Waals surface area contributed by atoms with Crippen LogP contribution >= 0.6 is 0 Å². The predicted molar refractivity (Wildman–Crippen MR) is 54.3 cm³/mol. The summed E-state index contributed by atoms with van der Waals surface area (Å²) in [4.78, 5) is 22.7. The van der Waals surface area contributed by atoms with Crippen molar-refractivity contribution >= 4 is 17.4 Å². The summed E-state index contributed by atoms with van der Waals surface area (Å²) in [5, 5.41) is 0. The molecule has 1 fully saturated rings. The molecule has 1 aliphatic rings. The highest BCUT2D eigenvalue weighted by atomic mass is 16.5. The Hall–Kier alpha value is -1.84. The second-order valence-corrected chi connectivity index (χ2v) is 3.57. The number of ether oxygens (including phenoxy) is 1. The second-order valence-electron chi connectivity index (χ2n) is 3.57. The maximum Gasteiger partial charge on any atom is 0.306 e. The summed E-state index contributed by atoms with van der Waals surface area (Å²) in [6.07, 6.45) is 0.184. The molecular formula is C11H11NO3. The molecule has 1 aromatic carbocycles. The number of carbonyl (C=O) groups is 2. The van der Waals surface area contributed by atoms with E-state index >= 15 is 0 Å². The molecule has 1 heterocycles. The Morgan fingerprint density at radius 1 is 1.33 bits per heavy atom. The summed E-state index contributed by atoms with van der Waals surface area (Å²) in [6.45, 7) is 0.196. The van der Waals surface area contributed by atoms with Gasteiger partial charge in [0, 0.05) is 11.3 Å². The Labute approximate surface area is 87.0 Å². The lowest BCUT2D eigenvalue weighted by Crippen LogP contribution is -2.14. The van der Waals surface area contributed by atoms with Gasteiger partial charge in [0.05, 0.1) is 12.3 Å². The molecule has 1 aromatic rings. The lowest BCUT2D eigenvalue weighted by molar-refractivity contribution is -0.137. The number of esters is 1. The topological polar surface area (TPSA) is 69.4 Å². The van der Waals surface area contributed by atoms with E-state index in [0.717, 1.165) is 0 Å². The number of nitrogen functional groups attached to an aromatic ring is 1. The van der Waals surface area contributed by atoms with Gasteiger partial charge in [-0.15, -0.1) is 0 Å². The molecule has 0 aromatic heterocycles. The number of hydrogen-bond acceptors (Lipinski definition) is 4. The molecule has 0 bridgehead atoms. The van der Waals surface area contributed by atoms with E-state index in [9.17, 15) is 9.59 Å². The van der Waals surface area contributed by atoms with Crippen LogP contribution in [0.15, 0.2) is 24.3 Å². The maximum atomic E-state index is 11.8. The van der Waals surface area contributed by atoms with Crippen LogP contribution in [-0.2, 0) is 9.53 Å². The minimum atomic E-state index is -0.332. The molecular weight excluding hydrogens is 194 g/mol. The Morgan fingerprint density at radius 2 is 2.00 bits per heavy atom. The maximum absolute atomic E-state index is 11.8. The Bertz CT molecular complexity index is 397. The van der Waals surface area contributed by atoms with E-state index in [0.29, 0.717) is 11.3 Å². The van der Waals surface area contributed by atoms with Crippen molar-refractivity contribution in [1.29, 1.82) is 0 Å². The van der Waals surface area contributed by atoms with E-state index in [2.05, 4.69) is 0 Å². The van der Waals surface area contributed by atoms with Gasteiger partial charge in [-0.3, -0.25) is 9.59 Å². The van der Waals surface area contributed by atoms with Gasteiger partial charge in [0.2, 0.25) is 0 Å². The summed E-state index contributed by atoms with van der Waals surface area (Å²) in [5.41, 5.74) is 6.70. The molecule has 0 radical (unpaired) electrons. The SMILES string of the molecule is Nc1ccc(C(=O)C2COC(=O)C2)cc1. The summed E-state index contributed by atoms with van der Waals surface area (Å²) in [7, 11) is 0. The first-order valence-electron chi connectivity index (χ1n) is 4.72. The highest BCUT2D eigenvalue weighted by molar-refractivity contribution is 6.00. The van der Waals surface area contributed by atoms with Crippen LogP contribution in [0, 0.1) is 5.92 Å². The number of Topliss-reactive ketones (excluding diaryl/α,β-unsaturated/α-hetero) is 1. The minimum Gasteiger partial charge on any atom is -0.465 e. The number of hydrogen-bond donors (Lipinski definition) is 1. The number of benzene rings is 1. The Balaban J connectivity index is 2.14. The standard InChI is InChI=1S/C11H11NO3/c12-9-3-1-7(2-4-9)11(14)8-5-10(13)15-6-8/h1-4,8H,5-6,12H2. The fraction of sp³-hybridized carbons (Fsp3) is 0.273. The lowest BCUT2D eigenvalue weighted by Gasteiger charge is -2.05. The van der Waals surface area contributed by atoms with E-state index in [1.807, 2.05) is 0 Å². The van der Waals surface area contributed by atoms with Gasteiger partial charge in [0.1, 0.15) is 6.61 Å². The van der Waals surface area contributed by atoms with Gasteiger partial charge < -0.3 is 10.5 Å². The molecule has 4 heteroatoms. The van der Waals surface area contributed by atoms with Crippen molar-refractivity contribution in [3.8, 4) is 0 Å². The Kier molecular flexibility index (Phi) is 2.41. The van der Waals surface area contributed by atoms with Crippen LogP contribution in [0.5, 0.6) is 0 Å². The van der Waals surface area contributed by atoms with E-state index in [-0.39, 0.29) is 30.7 Å². The van der Waals surface area contributed by atoms with Crippen LogP contribution < -0.4 is 5.73 Å². The number of nitrogens with two attached hydrogens (primary N) is 1. The Morgan fingerprint density at radius 3 is 2.53 bits per heavy atom. The van der Waals surface area contributed by atoms with Crippen LogP contribution in [0.3, 0.4) is 0 Å². The van der Waals surface area contributed by atoms with Crippen LogP contribution in [-0.4, -0.2) is 18.4 Å². The zero-order chi connectivity index (χ0) is 10.8. The predicted octanol–water partition coefficient (Wildman–Crippen LogP) is 1.01. The molecule has 4 nitrogen and oxygen atoms in total.